The Morgan fingerprint density at radius 1 is 0.818 bits per heavy atom. The molecule has 0 unspecified atom stereocenters. The van der Waals surface area contributed by atoms with Crippen molar-refractivity contribution in [3.63, 3.8) is 0 Å². The topological polar surface area (TPSA) is 247 Å². The first-order valence-electron chi connectivity index (χ1n) is 0.651. The summed E-state index contributed by atoms with van der Waals surface area (Å²) >= 11 is 0. The summed E-state index contributed by atoms with van der Waals surface area (Å²) in [7, 11) is 0. The van der Waals surface area contributed by atoms with Gasteiger partial charge in [-0.25, -0.2) is 4.79 Å². The third kappa shape index (κ3) is 1800. The van der Waals surface area contributed by atoms with Gasteiger partial charge < -0.3 is 44.5 Å². The minimum Gasteiger partial charge on any atom is -1.00 e. The van der Waals surface area contributed by atoms with Crippen LogP contribution >= 0.6 is 0 Å². The minimum absolute atomic E-state index is 0. The van der Waals surface area contributed by atoms with Crippen LogP contribution < -0.4 is 51.4 Å². The SMILES string of the molecule is O.O.O.O.O.O.O=C(O)O.[H-].[K+]. The molecule has 0 heterocycles. The van der Waals surface area contributed by atoms with Gasteiger partial charge in [0.15, 0.2) is 0 Å². The van der Waals surface area contributed by atoms with Crippen molar-refractivity contribution in [2.24, 2.45) is 0 Å². The molecule has 0 fully saturated rings. The Bertz CT molecular complexity index is 37.5. The van der Waals surface area contributed by atoms with Crippen molar-refractivity contribution in [3.8, 4) is 0 Å². The fourth-order valence-corrected chi connectivity index (χ4v) is 0. The zero-order valence-corrected chi connectivity index (χ0v) is 8.93. The van der Waals surface area contributed by atoms with Gasteiger partial charge >= 0.3 is 57.5 Å². The molecular weight excluding hydrogens is 195 g/mol. The summed E-state index contributed by atoms with van der Waals surface area (Å²) in [6.07, 6.45) is -1.83. The Balaban J connectivity index is -0.00000000161. The van der Waals surface area contributed by atoms with Crippen molar-refractivity contribution in [1.29, 1.82) is 0 Å². The first kappa shape index (κ1) is 98.7. The van der Waals surface area contributed by atoms with E-state index in [2.05, 4.69) is 0 Å². The van der Waals surface area contributed by atoms with Crippen LogP contribution in [0.3, 0.4) is 0 Å². The van der Waals surface area contributed by atoms with Crippen molar-refractivity contribution in [1.82, 2.24) is 0 Å². The molecule has 9 nitrogen and oxygen atoms in total. The molecule has 0 radical (unpaired) electrons. The largest absolute Gasteiger partial charge is 1.00 e. The molecule has 14 N–H and O–H groups in total. The zero-order chi connectivity index (χ0) is 3.58. The van der Waals surface area contributed by atoms with Gasteiger partial charge in [-0.05, 0) is 0 Å². The molecular formula is CH15KO9. The summed E-state index contributed by atoms with van der Waals surface area (Å²) in [6, 6.07) is 0. The first-order valence-corrected chi connectivity index (χ1v) is 0.651. The van der Waals surface area contributed by atoms with Gasteiger partial charge in [0, 0.05) is 0 Å². The van der Waals surface area contributed by atoms with Crippen molar-refractivity contribution in [2.45, 2.75) is 0 Å². The third-order valence-electron chi connectivity index (χ3n) is 0. The van der Waals surface area contributed by atoms with E-state index in [0.29, 0.717) is 0 Å². The zero-order valence-electron chi connectivity index (χ0n) is 6.80. The predicted octanol–water partition coefficient (Wildman–Crippen LogP) is -7.61. The maximum Gasteiger partial charge on any atom is 1.00 e. The molecule has 0 aromatic heterocycles. The summed E-state index contributed by atoms with van der Waals surface area (Å²) in [4.78, 5) is 8.56. The van der Waals surface area contributed by atoms with Gasteiger partial charge in [-0.15, -0.1) is 0 Å². The van der Waals surface area contributed by atoms with Crippen LogP contribution in [0.2, 0.25) is 0 Å². The van der Waals surface area contributed by atoms with E-state index in [0.717, 1.165) is 0 Å². The van der Waals surface area contributed by atoms with Crippen LogP contribution in [-0.2, 0) is 0 Å². The average molecular weight is 210 g/mol. The number of hydrogen-bond acceptors (Lipinski definition) is 1. The fourth-order valence-electron chi connectivity index (χ4n) is 0. The van der Waals surface area contributed by atoms with Gasteiger partial charge in [0.25, 0.3) is 0 Å². The summed E-state index contributed by atoms with van der Waals surface area (Å²) in [5.41, 5.74) is 0. The van der Waals surface area contributed by atoms with Crippen molar-refractivity contribution < 1.29 is 101 Å². The van der Waals surface area contributed by atoms with Crippen molar-refractivity contribution in [3.05, 3.63) is 0 Å². The van der Waals surface area contributed by atoms with Crippen LogP contribution in [0.4, 0.5) is 4.79 Å². The van der Waals surface area contributed by atoms with Gasteiger partial charge in [-0.1, -0.05) is 0 Å². The maximum atomic E-state index is 8.56. The van der Waals surface area contributed by atoms with Gasteiger partial charge in [0.2, 0.25) is 0 Å². The van der Waals surface area contributed by atoms with Gasteiger partial charge in [0.05, 0.1) is 0 Å². The third-order valence-corrected chi connectivity index (χ3v) is 0. The molecule has 74 valence electrons. The van der Waals surface area contributed by atoms with E-state index in [1.54, 1.807) is 0 Å². The molecule has 0 bridgehead atoms. The molecule has 0 aliphatic carbocycles. The molecule has 0 aliphatic heterocycles. The smallest absolute Gasteiger partial charge is 1.00 e. The standard InChI is InChI=1S/CH2O3.K.6H2O.H/c2-1(3)4;;;;;;;;/h(H2,2,3,4);;6*1H2;/q;+1;;;;;;;-1. The molecule has 11 heavy (non-hydrogen) atoms. The molecule has 0 atom stereocenters. The van der Waals surface area contributed by atoms with Crippen LogP contribution in [0.25, 0.3) is 0 Å². The second-order valence-corrected chi connectivity index (χ2v) is 0.283. The summed E-state index contributed by atoms with van der Waals surface area (Å²) in [5.74, 6) is 0. The summed E-state index contributed by atoms with van der Waals surface area (Å²) in [6.45, 7) is 0. The quantitative estimate of drug-likeness (QED) is 0.369. The predicted molar refractivity (Wildman–Crippen MR) is 33.4 cm³/mol. The summed E-state index contributed by atoms with van der Waals surface area (Å²) < 4.78 is 0. The maximum absolute atomic E-state index is 8.56. The van der Waals surface area contributed by atoms with Crippen LogP contribution in [0.1, 0.15) is 1.43 Å². The van der Waals surface area contributed by atoms with Gasteiger partial charge in [0.1, 0.15) is 0 Å². The second kappa shape index (κ2) is 74.1. The molecule has 0 spiro atoms. The van der Waals surface area contributed by atoms with E-state index in [1.165, 1.54) is 0 Å². The Morgan fingerprint density at radius 2 is 0.818 bits per heavy atom. The van der Waals surface area contributed by atoms with E-state index in [1.807, 2.05) is 0 Å². The molecule has 0 saturated heterocycles. The normalized spacial score (nSPS) is 2.18. The summed E-state index contributed by atoms with van der Waals surface area (Å²) in [5, 5.41) is 13.9. The minimum atomic E-state index is -1.83. The first-order chi connectivity index (χ1) is 1.73. The van der Waals surface area contributed by atoms with Crippen LogP contribution in [-0.4, -0.2) is 49.2 Å². The molecule has 0 saturated carbocycles. The Morgan fingerprint density at radius 3 is 0.818 bits per heavy atom. The second-order valence-electron chi connectivity index (χ2n) is 0.283. The van der Waals surface area contributed by atoms with Crippen LogP contribution in [0.15, 0.2) is 0 Å². The number of rotatable bonds is 0. The average Bonchev–Trinajstić information content (AvgIpc) is 0.811. The van der Waals surface area contributed by atoms with Gasteiger partial charge in [-0.3, -0.25) is 0 Å². The van der Waals surface area contributed by atoms with Crippen LogP contribution in [0.5, 0.6) is 0 Å². The van der Waals surface area contributed by atoms with Crippen LogP contribution in [0, 0.1) is 0 Å². The van der Waals surface area contributed by atoms with E-state index >= 15 is 0 Å². The van der Waals surface area contributed by atoms with Crippen molar-refractivity contribution in [2.75, 3.05) is 0 Å². The number of carbonyl (C=O) groups is 1. The number of hydrogen-bond donors (Lipinski definition) is 2. The van der Waals surface area contributed by atoms with E-state index in [9.17, 15) is 0 Å². The van der Waals surface area contributed by atoms with Crippen molar-refractivity contribution >= 4 is 6.16 Å². The molecule has 0 rings (SSSR count). The Labute approximate surface area is 106 Å². The van der Waals surface area contributed by atoms with E-state index in [-0.39, 0.29) is 85.7 Å². The van der Waals surface area contributed by atoms with E-state index in [4.69, 9.17) is 15.0 Å². The molecule has 0 aromatic carbocycles. The molecule has 0 aliphatic rings. The van der Waals surface area contributed by atoms with E-state index < -0.39 is 6.16 Å². The number of carboxylic acid groups (broad SMARTS) is 2. The monoisotopic (exact) mass is 210 g/mol. The Hall–Kier alpha value is 0.666. The fraction of sp³-hybridized carbons (Fsp3) is 0. The molecule has 0 aromatic rings. The molecule has 10 heteroatoms. The van der Waals surface area contributed by atoms with Gasteiger partial charge in [-0.2, -0.15) is 0 Å². The molecule has 0 amide bonds. The Kier molecular flexibility index (Phi) is 666.